The Labute approximate surface area is 210 Å². The number of nitrogens with zero attached hydrogens (tertiary/aromatic N) is 4. The summed E-state index contributed by atoms with van der Waals surface area (Å²) in [4.78, 5) is 28.1. The maximum atomic E-state index is 12.4. The van der Waals surface area contributed by atoms with Crippen molar-refractivity contribution in [2.24, 2.45) is 11.3 Å². The molecule has 0 amide bonds. The molecule has 3 aromatic rings. The van der Waals surface area contributed by atoms with E-state index in [-0.39, 0.29) is 17.8 Å². The zero-order valence-electron chi connectivity index (χ0n) is 21.6. The third-order valence-corrected chi connectivity index (χ3v) is 6.09. The van der Waals surface area contributed by atoms with Crippen LogP contribution in [0.1, 0.15) is 64.8 Å². The molecule has 0 fully saturated rings. The van der Waals surface area contributed by atoms with Crippen LogP contribution in [0.5, 0.6) is 0 Å². The summed E-state index contributed by atoms with van der Waals surface area (Å²) in [6, 6.07) is 3.51. The molecule has 0 aliphatic carbocycles. The minimum atomic E-state index is -4.30. The predicted molar refractivity (Wildman–Crippen MR) is 135 cm³/mol. The number of H-pyrrole nitrogens is 1. The van der Waals surface area contributed by atoms with Gasteiger partial charge in [-0.2, -0.15) is 13.2 Å². The number of hydrogen-bond donors (Lipinski definition) is 2. The van der Waals surface area contributed by atoms with Gasteiger partial charge in [-0.1, -0.05) is 27.7 Å². The van der Waals surface area contributed by atoms with E-state index in [0.29, 0.717) is 23.3 Å². The van der Waals surface area contributed by atoms with Crippen molar-refractivity contribution in [1.82, 2.24) is 19.9 Å². The highest BCUT2D eigenvalue weighted by atomic mass is 19.4. The van der Waals surface area contributed by atoms with Gasteiger partial charge in [0.1, 0.15) is 11.6 Å². The van der Waals surface area contributed by atoms with Crippen molar-refractivity contribution in [1.29, 1.82) is 0 Å². The Morgan fingerprint density at radius 2 is 1.92 bits per heavy atom. The maximum absolute atomic E-state index is 12.4. The van der Waals surface area contributed by atoms with Crippen LogP contribution in [0.2, 0.25) is 0 Å². The van der Waals surface area contributed by atoms with E-state index in [4.69, 9.17) is 5.11 Å². The van der Waals surface area contributed by atoms with Gasteiger partial charge in [0.2, 0.25) is 0 Å². The van der Waals surface area contributed by atoms with Gasteiger partial charge in [-0.05, 0) is 48.8 Å². The molecular formula is C26H36F3N5O2. The van der Waals surface area contributed by atoms with Crippen LogP contribution in [-0.2, 0) is 17.4 Å². The summed E-state index contributed by atoms with van der Waals surface area (Å²) in [5, 5.41) is 8.80. The highest BCUT2D eigenvalue weighted by Gasteiger charge is 2.30. The number of imidazole rings is 1. The number of carboxylic acids is 1. The van der Waals surface area contributed by atoms with E-state index in [1.165, 1.54) is 6.07 Å². The number of anilines is 1. The Hall–Kier alpha value is -3.17. The Balaban J connectivity index is 0.000000267. The highest BCUT2D eigenvalue weighted by Crippen LogP contribution is 2.31. The minimum absolute atomic E-state index is 0.198. The van der Waals surface area contributed by atoms with Gasteiger partial charge in [0.15, 0.2) is 0 Å². The van der Waals surface area contributed by atoms with Crippen LogP contribution in [0.25, 0.3) is 11.0 Å². The molecule has 1 unspecified atom stereocenters. The van der Waals surface area contributed by atoms with Crippen molar-refractivity contribution in [2.45, 2.75) is 66.0 Å². The second-order valence-electron chi connectivity index (χ2n) is 9.91. The first-order chi connectivity index (χ1) is 16.8. The van der Waals surface area contributed by atoms with Gasteiger partial charge in [0, 0.05) is 38.8 Å². The Bertz CT molecular complexity index is 1100. The monoisotopic (exact) mass is 507 g/mol. The molecule has 0 bridgehead atoms. The average molecular weight is 508 g/mol. The van der Waals surface area contributed by atoms with Crippen molar-refractivity contribution in [3.63, 3.8) is 0 Å². The van der Waals surface area contributed by atoms with Crippen LogP contribution in [0.3, 0.4) is 0 Å². The molecule has 0 aliphatic rings. The SMILES string of the molecule is CC(CCC(C)(C)CCN(C)c1cnccn1)CC(=O)O.CCc1nc2ccc(C(F)(F)F)cc2[nH]1. The van der Waals surface area contributed by atoms with Gasteiger partial charge in [0.05, 0.1) is 22.8 Å². The first-order valence-electron chi connectivity index (χ1n) is 12.1. The number of carboxylic acid groups (broad SMARTS) is 1. The van der Waals surface area contributed by atoms with Crippen molar-refractivity contribution < 1.29 is 23.1 Å². The smallest absolute Gasteiger partial charge is 0.416 e. The molecule has 0 aliphatic heterocycles. The largest absolute Gasteiger partial charge is 0.481 e. The molecule has 198 valence electrons. The van der Waals surface area contributed by atoms with Crippen LogP contribution >= 0.6 is 0 Å². The second kappa shape index (κ2) is 12.7. The number of aliphatic carboxylic acids is 1. The minimum Gasteiger partial charge on any atom is -0.481 e. The quantitative estimate of drug-likeness (QED) is 0.331. The summed E-state index contributed by atoms with van der Waals surface area (Å²) in [5.41, 5.74) is 0.547. The van der Waals surface area contributed by atoms with Crippen molar-refractivity contribution in [2.75, 3.05) is 18.5 Å². The molecule has 2 N–H and O–H groups in total. The number of alkyl halides is 3. The first kappa shape index (κ1) is 29.1. The molecule has 0 saturated carbocycles. The van der Waals surface area contributed by atoms with Gasteiger partial charge < -0.3 is 15.0 Å². The van der Waals surface area contributed by atoms with E-state index < -0.39 is 17.7 Å². The van der Waals surface area contributed by atoms with Gasteiger partial charge in [0.25, 0.3) is 0 Å². The van der Waals surface area contributed by atoms with E-state index in [0.717, 1.165) is 43.8 Å². The zero-order chi connectivity index (χ0) is 26.9. The van der Waals surface area contributed by atoms with Crippen LogP contribution in [0, 0.1) is 11.3 Å². The lowest BCUT2D eigenvalue weighted by Gasteiger charge is -2.29. The molecule has 10 heteroatoms. The second-order valence-corrected chi connectivity index (χ2v) is 9.91. The number of aryl methyl sites for hydroxylation is 1. The number of benzene rings is 1. The number of nitrogens with one attached hydrogen (secondary N) is 1. The van der Waals surface area contributed by atoms with Crippen LogP contribution in [0.4, 0.5) is 19.0 Å². The summed E-state index contributed by atoms with van der Waals surface area (Å²) in [6.45, 7) is 9.30. The van der Waals surface area contributed by atoms with Crippen molar-refractivity contribution in [3.8, 4) is 0 Å². The predicted octanol–water partition coefficient (Wildman–Crippen LogP) is 6.36. The summed E-state index contributed by atoms with van der Waals surface area (Å²) in [5.74, 6) is 1.11. The van der Waals surface area contributed by atoms with E-state index >= 15 is 0 Å². The highest BCUT2D eigenvalue weighted by molar-refractivity contribution is 5.76. The molecular weight excluding hydrogens is 471 g/mol. The fourth-order valence-electron chi connectivity index (χ4n) is 3.64. The van der Waals surface area contributed by atoms with Crippen LogP contribution in [0.15, 0.2) is 36.8 Å². The van der Waals surface area contributed by atoms with Gasteiger partial charge >= 0.3 is 12.1 Å². The van der Waals surface area contributed by atoms with Gasteiger partial charge in [-0.25, -0.2) is 9.97 Å². The van der Waals surface area contributed by atoms with E-state index in [9.17, 15) is 18.0 Å². The van der Waals surface area contributed by atoms with Crippen LogP contribution in [-0.4, -0.2) is 44.6 Å². The number of aromatic nitrogens is 4. The lowest BCUT2D eigenvalue weighted by atomic mass is 9.81. The van der Waals surface area contributed by atoms with Gasteiger partial charge in [-0.15, -0.1) is 0 Å². The lowest BCUT2D eigenvalue weighted by molar-refractivity contribution is -0.138. The molecule has 1 atom stereocenters. The number of fused-ring (bicyclic) bond motifs is 1. The number of rotatable bonds is 10. The van der Waals surface area contributed by atoms with Gasteiger partial charge in [-0.3, -0.25) is 9.78 Å². The standard InChI is InChI=1S/C16H27N3O2.C10H9F3N2/c1-13(11-15(20)21)5-6-16(2,3)7-10-19(4)14-12-17-8-9-18-14;1-2-9-14-7-4-3-6(10(11,12)13)5-8(7)15-9/h8-9,12-13H,5-7,10-11H2,1-4H3,(H,20,21);3-5H,2H2,1H3,(H,14,15). The molecule has 0 saturated heterocycles. The fraction of sp³-hybridized carbons (Fsp3) is 0.538. The first-order valence-corrected chi connectivity index (χ1v) is 12.1. The van der Waals surface area contributed by atoms with E-state index in [1.807, 2.05) is 20.9 Å². The van der Waals surface area contributed by atoms with E-state index in [2.05, 4.69) is 38.7 Å². The summed E-state index contributed by atoms with van der Waals surface area (Å²) in [7, 11) is 2.02. The number of carbonyl (C=O) groups is 1. The van der Waals surface area contributed by atoms with Crippen LogP contribution < -0.4 is 4.90 Å². The molecule has 0 radical (unpaired) electrons. The Kier molecular flexibility index (Phi) is 10.2. The topological polar surface area (TPSA) is 95.0 Å². The third-order valence-electron chi connectivity index (χ3n) is 6.09. The summed E-state index contributed by atoms with van der Waals surface area (Å²) >= 11 is 0. The molecule has 2 aromatic heterocycles. The van der Waals surface area contributed by atoms with Crippen molar-refractivity contribution in [3.05, 3.63) is 48.2 Å². The Morgan fingerprint density at radius 1 is 1.19 bits per heavy atom. The lowest BCUT2D eigenvalue weighted by Crippen LogP contribution is -2.25. The maximum Gasteiger partial charge on any atom is 0.416 e. The molecule has 2 heterocycles. The fourth-order valence-corrected chi connectivity index (χ4v) is 3.64. The van der Waals surface area contributed by atoms with E-state index in [1.54, 1.807) is 18.6 Å². The zero-order valence-corrected chi connectivity index (χ0v) is 21.6. The number of halogens is 3. The molecule has 0 spiro atoms. The molecule has 3 rings (SSSR count). The normalized spacial score (nSPS) is 12.7. The number of aromatic amines is 1. The Morgan fingerprint density at radius 3 is 2.50 bits per heavy atom. The summed E-state index contributed by atoms with van der Waals surface area (Å²) < 4.78 is 37.1. The molecule has 7 nitrogen and oxygen atoms in total. The average Bonchev–Trinajstić information content (AvgIpc) is 3.24. The summed E-state index contributed by atoms with van der Waals surface area (Å²) in [6.07, 6.45) is 4.80. The molecule has 1 aromatic carbocycles. The van der Waals surface area contributed by atoms with Crippen molar-refractivity contribution >= 4 is 22.8 Å². The third kappa shape index (κ3) is 9.47. The number of hydrogen-bond acceptors (Lipinski definition) is 5. The molecule has 36 heavy (non-hydrogen) atoms.